The van der Waals surface area contributed by atoms with E-state index >= 15 is 0 Å². The molecule has 0 radical (unpaired) electrons. The number of aromatic carboxylic acids is 1. The molecule has 1 aromatic carbocycles. The van der Waals surface area contributed by atoms with Gasteiger partial charge in [0.2, 0.25) is 17.5 Å². The van der Waals surface area contributed by atoms with Gasteiger partial charge < -0.3 is 33.1 Å². The van der Waals surface area contributed by atoms with Gasteiger partial charge in [-0.2, -0.15) is 5.26 Å². The Morgan fingerprint density at radius 1 is 1.18 bits per heavy atom. The Bertz CT molecular complexity index is 1470. The lowest BCUT2D eigenvalue weighted by Gasteiger charge is -2.28. The number of nitriles is 1. The van der Waals surface area contributed by atoms with Crippen LogP contribution in [0.25, 0.3) is 22.7 Å². The highest BCUT2D eigenvalue weighted by Gasteiger charge is 2.23. The summed E-state index contributed by atoms with van der Waals surface area (Å²) in [6.45, 7) is 4.89. The number of carboxylic acids is 1. The van der Waals surface area contributed by atoms with Crippen molar-refractivity contribution in [2.45, 2.75) is 13.5 Å². The third-order valence-corrected chi connectivity index (χ3v) is 5.82. The van der Waals surface area contributed by atoms with Crippen molar-refractivity contribution in [1.82, 2.24) is 15.0 Å². The number of ether oxygens (including phenoxy) is 3. The lowest BCUT2D eigenvalue weighted by atomic mass is 10.0. The second kappa shape index (κ2) is 11.0. The predicted octanol–water partition coefficient (Wildman–Crippen LogP) is 3.78. The van der Waals surface area contributed by atoms with Crippen molar-refractivity contribution < 1.29 is 32.9 Å². The second-order valence-electron chi connectivity index (χ2n) is 8.13. The van der Waals surface area contributed by atoms with E-state index in [0.717, 1.165) is 30.7 Å². The number of carbonyl (C=O) groups is 1. The molecule has 0 unspecified atom stereocenters. The minimum atomic E-state index is -1.28. The number of hydrogen-bond donors (Lipinski definition) is 1. The van der Waals surface area contributed by atoms with Gasteiger partial charge >= 0.3 is 11.9 Å². The molecule has 0 saturated carbocycles. The van der Waals surface area contributed by atoms with Crippen molar-refractivity contribution in [3.63, 3.8) is 0 Å². The second-order valence-corrected chi connectivity index (χ2v) is 8.13. The molecule has 0 bridgehead atoms. The van der Waals surface area contributed by atoms with Crippen LogP contribution in [0.3, 0.4) is 0 Å². The molecule has 5 rings (SSSR count). The molecular weight excluding hydrogens is 494 g/mol. The summed E-state index contributed by atoms with van der Waals surface area (Å²) in [6, 6.07) is 11.6. The summed E-state index contributed by atoms with van der Waals surface area (Å²) in [5.74, 6) is -1.32. The van der Waals surface area contributed by atoms with Crippen molar-refractivity contribution in [2.24, 2.45) is 0 Å². The molecule has 1 fully saturated rings. The highest BCUT2D eigenvalue weighted by Crippen LogP contribution is 2.35. The van der Waals surface area contributed by atoms with Crippen LogP contribution in [0.5, 0.6) is 11.8 Å². The van der Waals surface area contributed by atoms with Crippen molar-refractivity contribution >= 4 is 11.7 Å². The van der Waals surface area contributed by atoms with E-state index in [1.165, 1.54) is 6.20 Å². The van der Waals surface area contributed by atoms with E-state index in [1.807, 2.05) is 31.2 Å². The summed E-state index contributed by atoms with van der Waals surface area (Å²) < 4.78 is 27.3. The minimum absolute atomic E-state index is 0.0345. The van der Waals surface area contributed by atoms with Gasteiger partial charge in [0, 0.05) is 24.3 Å². The SMILES string of the molecule is CCOc1cnc(-c2cc(-c3ccc(N4CCOCC4)cc3)nc(OCc3ncoc3C(=O)O)c2C#N)o1. The maximum Gasteiger partial charge on any atom is 0.373 e. The first kappa shape index (κ1) is 24.8. The Morgan fingerprint density at radius 2 is 1.97 bits per heavy atom. The molecule has 3 aromatic heterocycles. The fourth-order valence-electron chi connectivity index (χ4n) is 3.99. The number of pyridine rings is 1. The molecule has 0 aliphatic carbocycles. The van der Waals surface area contributed by atoms with Crippen LogP contribution in [0.1, 0.15) is 28.7 Å². The predicted molar refractivity (Wildman–Crippen MR) is 132 cm³/mol. The molecule has 12 nitrogen and oxygen atoms in total. The van der Waals surface area contributed by atoms with Gasteiger partial charge in [-0.25, -0.2) is 19.7 Å². The molecule has 0 spiro atoms. The molecule has 4 heterocycles. The fourth-order valence-corrected chi connectivity index (χ4v) is 3.99. The standard InChI is InChI=1S/C26H23N5O7/c1-2-35-22-13-28-24(38-22)18-11-20(16-3-5-17(6-4-16)31-7-9-34-10-8-31)30-25(19(18)12-27)36-14-21-23(26(32)33)37-15-29-21/h3-6,11,13,15H,2,7-10,14H2,1H3,(H,32,33). The van der Waals surface area contributed by atoms with Crippen LogP contribution in [0.2, 0.25) is 0 Å². The Labute approximate surface area is 217 Å². The zero-order valence-corrected chi connectivity index (χ0v) is 20.4. The molecule has 4 aromatic rings. The number of oxazole rings is 2. The first-order valence-electron chi connectivity index (χ1n) is 11.8. The quantitative estimate of drug-likeness (QED) is 0.343. The molecule has 0 atom stereocenters. The molecule has 38 heavy (non-hydrogen) atoms. The van der Waals surface area contributed by atoms with E-state index in [2.05, 4.69) is 25.9 Å². The van der Waals surface area contributed by atoms with Gasteiger partial charge in [-0.15, -0.1) is 0 Å². The maximum atomic E-state index is 11.4. The summed E-state index contributed by atoms with van der Waals surface area (Å²) in [5.41, 5.74) is 2.78. The number of aromatic nitrogens is 3. The molecule has 1 aliphatic rings. The van der Waals surface area contributed by atoms with Crippen molar-refractivity contribution in [2.75, 3.05) is 37.8 Å². The zero-order valence-electron chi connectivity index (χ0n) is 20.4. The van der Waals surface area contributed by atoms with Gasteiger partial charge in [-0.3, -0.25) is 0 Å². The Hall–Kier alpha value is -4.89. The lowest BCUT2D eigenvalue weighted by Crippen LogP contribution is -2.36. The molecule has 0 amide bonds. The molecule has 1 aliphatic heterocycles. The number of benzene rings is 1. The van der Waals surface area contributed by atoms with E-state index in [1.54, 1.807) is 6.07 Å². The highest BCUT2D eigenvalue weighted by atomic mass is 16.6. The molecule has 1 saturated heterocycles. The van der Waals surface area contributed by atoms with Crippen LogP contribution in [0, 0.1) is 11.3 Å². The summed E-state index contributed by atoms with van der Waals surface area (Å²) >= 11 is 0. The fraction of sp³-hybridized carbons (Fsp3) is 0.269. The Kier molecular flexibility index (Phi) is 7.19. The number of hydrogen-bond acceptors (Lipinski definition) is 11. The molecular formula is C26H23N5O7. The van der Waals surface area contributed by atoms with E-state index in [9.17, 15) is 15.2 Å². The van der Waals surface area contributed by atoms with Crippen LogP contribution < -0.4 is 14.4 Å². The monoisotopic (exact) mass is 517 g/mol. The largest absolute Gasteiger partial charge is 0.475 e. The summed E-state index contributed by atoms with van der Waals surface area (Å²) in [6.07, 6.45) is 2.44. The summed E-state index contributed by atoms with van der Waals surface area (Å²) in [7, 11) is 0. The number of carboxylic acid groups (broad SMARTS) is 1. The first-order chi connectivity index (χ1) is 18.6. The highest BCUT2D eigenvalue weighted by molar-refractivity contribution is 5.85. The molecule has 1 N–H and O–H groups in total. The third kappa shape index (κ3) is 5.14. The van der Waals surface area contributed by atoms with Gasteiger partial charge in [0.1, 0.15) is 30.1 Å². The number of rotatable bonds is 9. The topological polar surface area (TPSA) is 157 Å². The number of nitrogens with zero attached hydrogens (tertiary/aromatic N) is 5. The Morgan fingerprint density at radius 3 is 2.68 bits per heavy atom. The Balaban J connectivity index is 1.53. The number of anilines is 1. The van der Waals surface area contributed by atoms with Crippen LogP contribution in [0.4, 0.5) is 5.69 Å². The average molecular weight is 517 g/mol. The summed E-state index contributed by atoms with van der Waals surface area (Å²) in [4.78, 5) is 26.4. The van der Waals surface area contributed by atoms with Crippen LogP contribution >= 0.6 is 0 Å². The summed E-state index contributed by atoms with van der Waals surface area (Å²) in [5, 5.41) is 19.3. The minimum Gasteiger partial charge on any atom is -0.475 e. The van der Waals surface area contributed by atoms with Crippen LogP contribution in [0.15, 0.2) is 51.8 Å². The van der Waals surface area contributed by atoms with Crippen molar-refractivity contribution in [3.8, 4) is 40.6 Å². The lowest BCUT2D eigenvalue weighted by molar-refractivity contribution is 0.0658. The van der Waals surface area contributed by atoms with Crippen molar-refractivity contribution in [1.29, 1.82) is 5.26 Å². The van der Waals surface area contributed by atoms with E-state index in [-0.39, 0.29) is 41.3 Å². The smallest absolute Gasteiger partial charge is 0.373 e. The van der Waals surface area contributed by atoms with Crippen LogP contribution in [-0.4, -0.2) is 58.9 Å². The normalized spacial score (nSPS) is 13.2. The van der Waals surface area contributed by atoms with Crippen LogP contribution in [-0.2, 0) is 11.3 Å². The first-order valence-corrected chi connectivity index (χ1v) is 11.8. The average Bonchev–Trinajstić information content (AvgIpc) is 3.62. The van der Waals surface area contributed by atoms with Gasteiger partial charge in [0.05, 0.1) is 31.1 Å². The van der Waals surface area contributed by atoms with E-state index < -0.39 is 5.97 Å². The van der Waals surface area contributed by atoms with E-state index in [0.29, 0.717) is 31.1 Å². The van der Waals surface area contributed by atoms with Gasteiger partial charge in [0.15, 0.2) is 6.39 Å². The van der Waals surface area contributed by atoms with Gasteiger partial charge in [-0.05, 0) is 25.1 Å². The van der Waals surface area contributed by atoms with Gasteiger partial charge in [-0.1, -0.05) is 12.1 Å². The zero-order chi connectivity index (χ0) is 26.5. The molecule has 194 valence electrons. The van der Waals surface area contributed by atoms with Crippen molar-refractivity contribution in [3.05, 3.63) is 59.9 Å². The number of morpholine rings is 1. The van der Waals surface area contributed by atoms with Gasteiger partial charge in [0.25, 0.3) is 0 Å². The van der Waals surface area contributed by atoms with E-state index in [4.69, 9.17) is 23.0 Å². The maximum absolute atomic E-state index is 11.4. The molecule has 12 heteroatoms. The third-order valence-electron chi connectivity index (χ3n) is 5.82.